The van der Waals surface area contributed by atoms with Gasteiger partial charge in [-0.15, -0.1) is 0 Å². The van der Waals surface area contributed by atoms with Crippen LogP contribution in [0.15, 0.2) is 23.3 Å². The predicted octanol–water partition coefficient (Wildman–Crippen LogP) is 2.24. The van der Waals surface area contributed by atoms with Crippen molar-refractivity contribution in [3.63, 3.8) is 0 Å². The lowest BCUT2D eigenvalue weighted by Gasteiger charge is -2.43. The molecule has 1 aliphatic heterocycles. The third kappa shape index (κ3) is 2.69. The molecule has 26 heavy (non-hydrogen) atoms. The first kappa shape index (κ1) is 18.8. The molecule has 0 saturated heterocycles. The summed E-state index contributed by atoms with van der Waals surface area (Å²) < 4.78 is 45.9. The molecule has 7 nitrogen and oxygen atoms in total. The van der Waals surface area contributed by atoms with Crippen molar-refractivity contribution < 1.29 is 22.7 Å². The number of aliphatic imine (C=N–C) groups is 1. The standard InChI is InChI=1S/C15H15F3IN5O2/c1-3-24-13(20)22-9-6-8(19)11-7(4-5-23(11)2)10(9)15(24,21)26-12(25)14(16,17)18/h4-6H,3,21H2,1-2H3,(H2,20,22). The van der Waals surface area contributed by atoms with E-state index in [4.69, 9.17) is 16.2 Å². The van der Waals surface area contributed by atoms with Gasteiger partial charge in [0.05, 0.1) is 16.8 Å². The number of nitrogens with zero attached hydrogens (tertiary/aromatic N) is 3. The summed E-state index contributed by atoms with van der Waals surface area (Å²) in [4.78, 5) is 16.9. The van der Waals surface area contributed by atoms with Gasteiger partial charge in [-0.05, 0) is 41.6 Å². The number of fused-ring (bicyclic) bond motifs is 3. The van der Waals surface area contributed by atoms with Gasteiger partial charge < -0.3 is 15.0 Å². The lowest BCUT2D eigenvalue weighted by atomic mass is 10.00. The van der Waals surface area contributed by atoms with E-state index in [0.29, 0.717) is 5.39 Å². The second-order valence-corrected chi connectivity index (χ2v) is 6.90. The number of benzene rings is 1. The maximum absolute atomic E-state index is 12.8. The first-order chi connectivity index (χ1) is 12.0. The van der Waals surface area contributed by atoms with E-state index in [1.807, 2.05) is 0 Å². The van der Waals surface area contributed by atoms with Gasteiger partial charge in [0.15, 0.2) is 0 Å². The molecule has 0 amide bonds. The molecule has 2 heterocycles. The average molecular weight is 481 g/mol. The molecule has 0 bridgehead atoms. The van der Waals surface area contributed by atoms with Crippen LogP contribution in [-0.4, -0.2) is 34.1 Å². The molecule has 0 radical (unpaired) electrons. The van der Waals surface area contributed by atoms with Gasteiger partial charge in [-0.25, -0.2) is 9.79 Å². The Kier molecular flexibility index (Phi) is 4.34. The van der Waals surface area contributed by atoms with E-state index in [1.165, 1.54) is 0 Å². The van der Waals surface area contributed by atoms with E-state index in [-0.39, 0.29) is 23.8 Å². The summed E-state index contributed by atoms with van der Waals surface area (Å²) in [6, 6.07) is 3.32. The van der Waals surface area contributed by atoms with E-state index in [9.17, 15) is 18.0 Å². The molecule has 140 valence electrons. The van der Waals surface area contributed by atoms with Crippen molar-refractivity contribution in [3.05, 3.63) is 27.5 Å². The third-order valence-electron chi connectivity index (χ3n) is 4.15. The van der Waals surface area contributed by atoms with E-state index in [1.54, 1.807) is 36.9 Å². The van der Waals surface area contributed by atoms with E-state index in [2.05, 4.69) is 27.6 Å². The van der Waals surface area contributed by atoms with Crippen molar-refractivity contribution in [2.75, 3.05) is 6.54 Å². The van der Waals surface area contributed by atoms with Crippen LogP contribution in [0.4, 0.5) is 18.9 Å². The number of aryl methyl sites for hydroxylation is 1. The molecule has 2 aromatic rings. The van der Waals surface area contributed by atoms with Gasteiger partial charge in [0.1, 0.15) is 0 Å². The number of nitrogens with two attached hydrogens (primary N) is 2. The minimum Gasteiger partial charge on any atom is -0.414 e. The number of alkyl halides is 3. The molecular weight excluding hydrogens is 466 g/mol. The number of carbonyl (C=O) groups is 1. The van der Waals surface area contributed by atoms with E-state index < -0.39 is 18.0 Å². The van der Waals surface area contributed by atoms with Crippen LogP contribution in [-0.2, 0) is 22.4 Å². The smallest absolute Gasteiger partial charge is 0.414 e. The second-order valence-electron chi connectivity index (χ2n) is 5.74. The Labute approximate surface area is 159 Å². The summed E-state index contributed by atoms with van der Waals surface area (Å²) in [5, 5.41) is 0.529. The number of hydrogen-bond acceptors (Lipinski definition) is 6. The second kappa shape index (κ2) is 6.01. The van der Waals surface area contributed by atoms with Gasteiger partial charge in [0.2, 0.25) is 5.96 Å². The van der Waals surface area contributed by atoms with Gasteiger partial charge in [-0.2, -0.15) is 13.2 Å². The first-order valence-electron chi connectivity index (χ1n) is 7.49. The number of ether oxygens (including phenoxy) is 1. The number of rotatable bonds is 2. The van der Waals surface area contributed by atoms with Gasteiger partial charge in [0.25, 0.3) is 5.85 Å². The Balaban J connectivity index is 2.32. The van der Waals surface area contributed by atoms with Crippen molar-refractivity contribution >= 4 is 51.1 Å². The SMILES string of the molecule is CCN1C(N)=Nc2cc(I)c3c(ccn3C)c2C1(N)OC(=O)C(F)(F)F. The maximum Gasteiger partial charge on any atom is 0.491 e. The monoisotopic (exact) mass is 481 g/mol. The molecule has 0 spiro atoms. The fourth-order valence-electron chi connectivity index (χ4n) is 3.08. The number of hydrogen-bond donors (Lipinski definition) is 2. The Morgan fingerprint density at radius 2 is 2.12 bits per heavy atom. The highest BCUT2D eigenvalue weighted by Crippen LogP contribution is 2.43. The molecule has 1 atom stereocenters. The van der Waals surface area contributed by atoms with Crippen molar-refractivity contribution in [1.82, 2.24) is 9.47 Å². The molecule has 4 N–H and O–H groups in total. The van der Waals surface area contributed by atoms with Crippen LogP contribution in [0.1, 0.15) is 12.5 Å². The molecular formula is C15H15F3IN5O2. The molecule has 1 aromatic heterocycles. The van der Waals surface area contributed by atoms with Crippen LogP contribution in [0.3, 0.4) is 0 Å². The molecule has 0 fully saturated rings. The lowest BCUT2D eigenvalue weighted by molar-refractivity contribution is -0.227. The van der Waals surface area contributed by atoms with Crippen molar-refractivity contribution in [2.24, 2.45) is 23.5 Å². The zero-order chi connectivity index (χ0) is 19.4. The highest BCUT2D eigenvalue weighted by atomic mass is 127. The molecule has 11 heteroatoms. The zero-order valence-corrected chi connectivity index (χ0v) is 15.9. The number of esters is 1. The van der Waals surface area contributed by atoms with Crippen LogP contribution >= 0.6 is 22.6 Å². The average Bonchev–Trinajstić information content (AvgIpc) is 2.88. The third-order valence-corrected chi connectivity index (χ3v) is 4.98. The van der Waals surface area contributed by atoms with E-state index >= 15 is 0 Å². The quantitative estimate of drug-likeness (QED) is 0.390. The Morgan fingerprint density at radius 3 is 2.69 bits per heavy atom. The lowest BCUT2D eigenvalue weighted by Crippen LogP contribution is -2.62. The van der Waals surface area contributed by atoms with Crippen LogP contribution in [0, 0.1) is 3.57 Å². The van der Waals surface area contributed by atoms with Crippen molar-refractivity contribution in [2.45, 2.75) is 18.9 Å². The van der Waals surface area contributed by atoms with Gasteiger partial charge >= 0.3 is 12.1 Å². The summed E-state index contributed by atoms with van der Waals surface area (Å²) in [5.41, 5.74) is 13.3. The normalized spacial score (nSPS) is 20.1. The minimum absolute atomic E-state index is 0.0801. The van der Waals surface area contributed by atoms with Crippen molar-refractivity contribution in [1.29, 1.82) is 0 Å². The van der Waals surface area contributed by atoms with Gasteiger partial charge in [-0.1, -0.05) is 0 Å². The fraction of sp³-hybridized carbons (Fsp3) is 0.333. The van der Waals surface area contributed by atoms with Gasteiger partial charge in [-0.3, -0.25) is 10.6 Å². The summed E-state index contributed by atoms with van der Waals surface area (Å²) in [6.45, 7) is 1.70. The first-order valence-corrected chi connectivity index (χ1v) is 8.57. The number of carbonyl (C=O) groups excluding carboxylic acids is 1. The minimum atomic E-state index is -5.20. The van der Waals surface area contributed by atoms with Crippen LogP contribution in [0.5, 0.6) is 0 Å². The number of aromatic nitrogens is 1. The molecule has 1 aliphatic rings. The highest BCUT2D eigenvalue weighted by molar-refractivity contribution is 14.1. The predicted molar refractivity (Wildman–Crippen MR) is 97.3 cm³/mol. The largest absolute Gasteiger partial charge is 0.491 e. The number of halogens is 4. The molecule has 1 unspecified atom stereocenters. The molecule has 3 rings (SSSR count). The van der Waals surface area contributed by atoms with Crippen LogP contribution in [0.2, 0.25) is 0 Å². The molecule has 1 aromatic carbocycles. The summed E-state index contributed by atoms with van der Waals surface area (Å²) in [5.74, 6) is -4.78. The molecule has 0 saturated carbocycles. The maximum atomic E-state index is 12.8. The Morgan fingerprint density at radius 1 is 1.46 bits per heavy atom. The van der Waals surface area contributed by atoms with Crippen molar-refractivity contribution in [3.8, 4) is 0 Å². The summed E-state index contributed by atoms with van der Waals surface area (Å²) in [7, 11) is 1.79. The van der Waals surface area contributed by atoms with Crippen LogP contribution < -0.4 is 11.5 Å². The highest BCUT2D eigenvalue weighted by Gasteiger charge is 2.51. The number of guanidine groups is 1. The summed E-state index contributed by atoms with van der Waals surface area (Å²) in [6.07, 6.45) is -3.47. The van der Waals surface area contributed by atoms with E-state index in [0.717, 1.165) is 14.0 Å². The molecule has 0 aliphatic carbocycles. The Bertz CT molecular complexity index is 939. The Hall–Kier alpha value is -2.02. The zero-order valence-electron chi connectivity index (χ0n) is 13.8. The summed E-state index contributed by atoms with van der Waals surface area (Å²) >= 11 is 2.09. The van der Waals surface area contributed by atoms with Crippen LogP contribution in [0.25, 0.3) is 10.9 Å². The van der Waals surface area contributed by atoms with Gasteiger partial charge in [0, 0.05) is 28.7 Å². The fourth-order valence-corrected chi connectivity index (χ4v) is 4.05. The topological polar surface area (TPSA) is 98.9 Å².